The van der Waals surface area contributed by atoms with E-state index in [-0.39, 0.29) is 11.1 Å². The maximum absolute atomic E-state index is 14.0. The van der Waals surface area contributed by atoms with Crippen LogP contribution < -0.4 is 0 Å². The Bertz CT molecular complexity index is 576. The predicted molar refractivity (Wildman–Crippen MR) is 66.9 cm³/mol. The van der Waals surface area contributed by atoms with Crippen LogP contribution in [0.2, 0.25) is 5.02 Å². The van der Waals surface area contributed by atoms with Gasteiger partial charge in [0.15, 0.2) is 0 Å². The van der Waals surface area contributed by atoms with Gasteiger partial charge < -0.3 is 0 Å². The van der Waals surface area contributed by atoms with Crippen LogP contribution in [0, 0.1) is 11.6 Å². The highest BCUT2D eigenvalue weighted by atomic mass is 35.5. The summed E-state index contributed by atoms with van der Waals surface area (Å²) in [5.41, 5.74) is 0.474. The molecule has 0 nitrogen and oxygen atoms in total. The minimum absolute atomic E-state index is 0.118. The van der Waals surface area contributed by atoms with E-state index in [4.69, 9.17) is 11.6 Å². The number of halogens is 3. The molecule has 0 saturated carbocycles. The second-order valence-electron chi connectivity index (χ2n) is 3.51. The highest BCUT2D eigenvalue weighted by Gasteiger charge is 2.16. The molecule has 0 bridgehead atoms. The number of rotatable bonds is 2. The highest BCUT2D eigenvalue weighted by Crippen LogP contribution is 2.33. The summed E-state index contributed by atoms with van der Waals surface area (Å²) in [5, 5.41) is 0.312. The van der Waals surface area contributed by atoms with Crippen molar-refractivity contribution in [3.8, 4) is 11.1 Å². The average molecular weight is 251 g/mol. The maximum atomic E-state index is 14.0. The van der Waals surface area contributed by atoms with Crippen LogP contribution in [0.4, 0.5) is 8.78 Å². The zero-order valence-electron chi connectivity index (χ0n) is 8.88. The number of benzene rings is 2. The Kier molecular flexibility index (Phi) is 3.25. The van der Waals surface area contributed by atoms with Crippen molar-refractivity contribution in [1.82, 2.24) is 0 Å². The zero-order chi connectivity index (χ0) is 12.4. The fourth-order valence-corrected chi connectivity index (χ4v) is 1.87. The van der Waals surface area contributed by atoms with Crippen LogP contribution in [0.3, 0.4) is 0 Å². The molecule has 0 aromatic heterocycles. The third kappa shape index (κ3) is 2.08. The molecular formula is C14H9ClF2. The lowest BCUT2D eigenvalue weighted by molar-refractivity contribution is 0.588. The first-order valence-electron chi connectivity index (χ1n) is 5.00. The summed E-state index contributed by atoms with van der Waals surface area (Å²) >= 11 is 5.94. The van der Waals surface area contributed by atoms with Gasteiger partial charge in [0.25, 0.3) is 0 Å². The molecule has 0 saturated heterocycles. The normalized spacial score (nSPS) is 10.3. The summed E-state index contributed by atoms with van der Waals surface area (Å²) in [5.74, 6) is -1.28. The topological polar surface area (TPSA) is 0 Å². The van der Waals surface area contributed by atoms with E-state index < -0.39 is 11.6 Å². The lowest BCUT2D eigenvalue weighted by atomic mass is 10.0. The molecule has 0 spiro atoms. The summed E-state index contributed by atoms with van der Waals surface area (Å²) in [6.45, 7) is 3.48. The lowest BCUT2D eigenvalue weighted by Crippen LogP contribution is -1.93. The van der Waals surface area contributed by atoms with E-state index in [1.165, 1.54) is 18.2 Å². The van der Waals surface area contributed by atoms with E-state index in [1.807, 2.05) is 0 Å². The first-order valence-corrected chi connectivity index (χ1v) is 5.38. The van der Waals surface area contributed by atoms with Crippen molar-refractivity contribution in [3.05, 3.63) is 65.2 Å². The van der Waals surface area contributed by atoms with E-state index in [0.29, 0.717) is 10.6 Å². The van der Waals surface area contributed by atoms with Crippen LogP contribution >= 0.6 is 11.6 Å². The van der Waals surface area contributed by atoms with Crippen molar-refractivity contribution in [2.45, 2.75) is 0 Å². The molecular weight excluding hydrogens is 242 g/mol. The van der Waals surface area contributed by atoms with E-state index >= 15 is 0 Å². The molecule has 3 heteroatoms. The van der Waals surface area contributed by atoms with Crippen molar-refractivity contribution in [3.63, 3.8) is 0 Å². The Morgan fingerprint density at radius 2 is 1.76 bits per heavy atom. The SMILES string of the molecule is C=Cc1ccc(F)c(-c2ccccc2Cl)c1F. The Balaban J connectivity index is 2.75. The van der Waals surface area contributed by atoms with Crippen molar-refractivity contribution in [1.29, 1.82) is 0 Å². The molecule has 0 amide bonds. The quantitative estimate of drug-likeness (QED) is 0.709. The zero-order valence-corrected chi connectivity index (χ0v) is 9.64. The van der Waals surface area contributed by atoms with Crippen molar-refractivity contribution >= 4 is 17.7 Å². The van der Waals surface area contributed by atoms with Crippen LogP contribution in [0.15, 0.2) is 43.0 Å². The van der Waals surface area contributed by atoms with Gasteiger partial charge in [-0.05, 0) is 18.2 Å². The smallest absolute Gasteiger partial charge is 0.141 e. The van der Waals surface area contributed by atoms with Gasteiger partial charge >= 0.3 is 0 Å². The van der Waals surface area contributed by atoms with Gasteiger partial charge in [-0.25, -0.2) is 8.78 Å². The highest BCUT2D eigenvalue weighted by molar-refractivity contribution is 6.33. The summed E-state index contributed by atoms with van der Waals surface area (Å²) in [7, 11) is 0. The molecule has 0 aliphatic heterocycles. The number of hydrogen-bond donors (Lipinski definition) is 0. The van der Waals surface area contributed by atoms with Gasteiger partial charge in [-0.1, -0.05) is 42.5 Å². The molecule has 17 heavy (non-hydrogen) atoms. The molecule has 0 aliphatic carbocycles. The summed E-state index contributed by atoms with van der Waals surface area (Å²) in [6, 6.07) is 9.11. The monoisotopic (exact) mass is 250 g/mol. The lowest BCUT2D eigenvalue weighted by Gasteiger charge is -2.09. The van der Waals surface area contributed by atoms with Gasteiger partial charge in [0.1, 0.15) is 11.6 Å². The van der Waals surface area contributed by atoms with Crippen LogP contribution in [-0.4, -0.2) is 0 Å². The Morgan fingerprint density at radius 3 is 2.41 bits per heavy atom. The third-order valence-electron chi connectivity index (χ3n) is 2.48. The second kappa shape index (κ2) is 4.68. The molecule has 2 rings (SSSR count). The van der Waals surface area contributed by atoms with Crippen LogP contribution in [0.5, 0.6) is 0 Å². The van der Waals surface area contributed by atoms with Crippen LogP contribution in [0.1, 0.15) is 5.56 Å². The largest absolute Gasteiger partial charge is 0.206 e. The molecule has 86 valence electrons. The van der Waals surface area contributed by atoms with E-state index in [2.05, 4.69) is 6.58 Å². The Hall–Kier alpha value is -1.67. The van der Waals surface area contributed by atoms with Crippen molar-refractivity contribution < 1.29 is 8.78 Å². The molecule has 0 aliphatic rings. The molecule has 0 radical (unpaired) electrons. The average Bonchev–Trinajstić information content (AvgIpc) is 2.32. The molecule has 0 unspecified atom stereocenters. The molecule has 0 atom stereocenters. The van der Waals surface area contributed by atoms with Crippen molar-refractivity contribution in [2.75, 3.05) is 0 Å². The molecule has 0 heterocycles. The first-order chi connectivity index (χ1) is 8.15. The minimum atomic E-state index is -0.645. The Morgan fingerprint density at radius 1 is 1.06 bits per heavy atom. The summed E-state index contributed by atoms with van der Waals surface area (Å²) in [4.78, 5) is 0. The first kappa shape index (κ1) is 11.8. The Labute approximate surface area is 103 Å². The second-order valence-corrected chi connectivity index (χ2v) is 3.92. The minimum Gasteiger partial charge on any atom is -0.206 e. The molecule has 2 aromatic rings. The van der Waals surface area contributed by atoms with Crippen LogP contribution in [0.25, 0.3) is 17.2 Å². The standard InChI is InChI=1S/C14H9ClF2/c1-2-9-7-8-12(16)13(14(9)17)10-5-3-4-6-11(10)15/h2-8H,1H2. The molecule has 0 N–H and O–H groups in total. The molecule has 2 aromatic carbocycles. The van der Waals surface area contributed by atoms with E-state index in [1.54, 1.807) is 24.3 Å². The number of hydrogen-bond acceptors (Lipinski definition) is 0. The fourth-order valence-electron chi connectivity index (χ4n) is 1.64. The van der Waals surface area contributed by atoms with E-state index in [9.17, 15) is 8.78 Å². The summed E-state index contributed by atoms with van der Waals surface area (Å²) < 4.78 is 27.7. The maximum Gasteiger partial charge on any atom is 0.141 e. The van der Waals surface area contributed by atoms with E-state index in [0.717, 1.165) is 0 Å². The van der Waals surface area contributed by atoms with Gasteiger partial charge in [-0.15, -0.1) is 0 Å². The van der Waals surface area contributed by atoms with Gasteiger partial charge in [0.2, 0.25) is 0 Å². The predicted octanol–water partition coefficient (Wildman–Crippen LogP) is 4.93. The third-order valence-corrected chi connectivity index (χ3v) is 2.81. The molecule has 0 fully saturated rings. The van der Waals surface area contributed by atoms with Crippen LogP contribution in [-0.2, 0) is 0 Å². The fraction of sp³-hybridized carbons (Fsp3) is 0. The van der Waals surface area contributed by atoms with Gasteiger partial charge in [0, 0.05) is 16.1 Å². The van der Waals surface area contributed by atoms with Gasteiger partial charge in [-0.2, -0.15) is 0 Å². The summed E-state index contributed by atoms with van der Waals surface area (Å²) in [6.07, 6.45) is 1.34. The van der Waals surface area contributed by atoms with Gasteiger partial charge in [-0.3, -0.25) is 0 Å². The van der Waals surface area contributed by atoms with Crippen molar-refractivity contribution in [2.24, 2.45) is 0 Å². The van der Waals surface area contributed by atoms with Gasteiger partial charge in [0.05, 0.1) is 5.56 Å².